The summed E-state index contributed by atoms with van der Waals surface area (Å²) in [4.78, 5) is 31.1. The fourth-order valence-electron chi connectivity index (χ4n) is 3.43. The Balaban J connectivity index is 1.39. The molecule has 1 N–H and O–H groups in total. The molecule has 1 aliphatic rings. The van der Waals surface area contributed by atoms with Gasteiger partial charge >= 0.3 is 0 Å². The van der Waals surface area contributed by atoms with Crippen molar-refractivity contribution in [3.8, 4) is 11.3 Å². The Bertz CT molecular complexity index is 1010. The predicted molar refractivity (Wildman–Crippen MR) is 108 cm³/mol. The van der Waals surface area contributed by atoms with Crippen LogP contribution in [0.4, 0.5) is 9.52 Å². The molecule has 1 fully saturated rings. The van der Waals surface area contributed by atoms with E-state index in [9.17, 15) is 14.0 Å². The maximum atomic E-state index is 13.1. The van der Waals surface area contributed by atoms with Crippen molar-refractivity contribution in [1.29, 1.82) is 0 Å². The smallest absolute Gasteiger partial charge is 0.272 e. The van der Waals surface area contributed by atoms with Gasteiger partial charge in [-0.05, 0) is 43.2 Å². The summed E-state index contributed by atoms with van der Waals surface area (Å²) in [6, 6.07) is 7.73. The lowest BCUT2D eigenvalue weighted by Crippen LogP contribution is -2.42. The lowest BCUT2D eigenvalue weighted by molar-refractivity contribution is -0.121. The Morgan fingerprint density at radius 1 is 1.21 bits per heavy atom. The zero-order valence-electron chi connectivity index (χ0n) is 15.8. The van der Waals surface area contributed by atoms with Crippen molar-refractivity contribution < 1.29 is 14.0 Å². The largest absolute Gasteiger partial charge is 0.337 e. The molecule has 0 radical (unpaired) electrons. The Morgan fingerprint density at radius 2 is 1.93 bits per heavy atom. The Morgan fingerprint density at radius 3 is 2.59 bits per heavy atom. The molecule has 1 aromatic carbocycles. The third-order valence-corrected chi connectivity index (χ3v) is 5.74. The molecular formula is C20H20FN5O2S. The van der Waals surface area contributed by atoms with E-state index in [1.54, 1.807) is 41.0 Å². The van der Waals surface area contributed by atoms with Crippen LogP contribution < -0.4 is 5.32 Å². The number of aromatic nitrogens is 3. The number of carbonyl (C=O) groups is 2. The molecule has 0 saturated carbocycles. The summed E-state index contributed by atoms with van der Waals surface area (Å²) in [5.74, 6) is -0.620. The first kappa shape index (κ1) is 19.3. The average Bonchev–Trinajstić information content (AvgIpc) is 3.38. The zero-order chi connectivity index (χ0) is 20.4. The molecule has 1 saturated heterocycles. The van der Waals surface area contributed by atoms with E-state index in [0.717, 1.165) is 5.56 Å². The number of thiazole rings is 1. The number of carbonyl (C=O) groups excluding carboxylic acids is 2. The van der Waals surface area contributed by atoms with Crippen molar-refractivity contribution in [2.45, 2.75) is 12.8 Å². The maximum absolute atomic E-state index is 13.1. The quantitative estimate of drug-likeness (QED) is 0.712. The van der Waals surface area contributed by atoms with Crippen LogP contribution in [0.25, 0.3) is 11.3 Å². The van der Waals surface area contributed by atoms with Gasteiger partial charge in [0.1, 0.15) is 11.5 Å². The van der Waals surface area contributed by atoms with E-state index in [-0.39, 0.29) is 23.5 Å². The molecule has 3 aromatic rings. The average molecular weight is 413 g/mol. The molecule has 1 aliphatic heterocycles. The molecule has 2 aromatic heterocycles. The third-order valence-electron chi connectivity index (χ3n) is 5.05. The topological polar surface area (TPSA) is 80.1 Å². The van der Waals surface area contributed by atoms with E-state index in [2.05, 4.69) is 15.4 Å². The van der Waals surface area contributed by atoms with Gasteiger partial charge in [0.2, 0.25) is 5.91 Å². The SMILES string of the molecule is Cn1nc(-c2ccc(F)cc2)cc1C(=O)N1CCC(C(=O)Nc2nccs2)CC1. The summed E-state index contributed by atoms with van der Waals surface area (Å²) in [7, 11) is 1.72. The van der Waals surface area contributed by atoms with Crippen molar-refractivity contribution in [2.24, 2.45) is 13.0 Å². The summed E-state index contributed by atoms with van der Waals surface area (Å²) in [6.45, 7) is 1.01. The van der Waals surface area contributed by atoms with Crippen LogP contribution in [0.5, 0.6) is 0 Å². The van der Waals surface area contributed by atoms with E-state index >= 15 is 0 Å². The molecular weight excluding hydrogens is 393 g/mol. The van der Waals surface area contributed by atoms with Crippen LogP contribution in [0, 0.1) is 11.7 Å². The van der Waals surface area contributed by atoms with Gasteiger partial charge in [0, 0.05) is 43.2 Å². The molecule has 0 aliphatic carbocycles. The molecule has 2 amide bonds. The van der Waals surface area contributed by atoms with Gasteiger partial charge in [0.25, 0.3) is 5.91 Å². The van der Waals surface area contributed by atoms with Crippen LogP contribution in [-0.2, 0) is 11.8 Å². The van der Waals surface area contributed by atoms with Crippen molar-refractivity contribution in [3.63, 3.8) is 0 Å². The fourth-order valence-corrected chi connectivity index (χ4v) is 3.96. The molecule has 0 atom stereocenters. The monoisotopic (exact) mass is 413 g/mol. The minimum absolute atomic E-state index is 0.0498. The summed E-state index contributed by atoms with van der Waals surface area (Å²) in [6.07, 6.45) is 2.85. The molecule has 4 rings (SSSR count). The number of nitrogens with zero attached hydrogens (tertiary/aromatic N) is 4. The van der Waals surface area contributed by atoms with Crippen LogP contribution in [-0.4, -0.2) is 44.6 Å². The molecule has 29 heavy (non-hydrogen) atoms. The number of hydrogen-bond acceptors (Lipinski definition) is 5. The number of amides is 2. The van der Waals surface area contributed by atoms with Crippen LogP contribution in [0.3, 0.4) is 0 Å². The van der Waals surface area contributed by atoms with Crippen LogP contribution in [0.15, 0.2) is 41.9 Å². The molecule has 3 heterocycles. The summed E-state index contributed by atoms with van der Waals surface area (Å²) >= 11 is 1.38. The summed E-state index contributed by atoms with van der Waals surface area (Å²) in [5, 5.41) is 9.62. The highest BCUT2D eigenvalue weighted by atomic mass is 32.1. The zero-order valence-corrected chi connectivity index (χ0v) is 16.7. The Hall–Kier alpha value is -3.07. The Kier molecular flexibility index (Phi) is 5.39. The lowest BCUT2D eigenvalue weighted by Gasteiger charge is -2.31. The third kappa shape index (κ3) is 4.19. The number of likely N-dealkylation sites (tertiary alicyclic amines) is 1. The standard InChI is InChI=1S/C20H20FN5O2S/c1-25-17(12-16(24-25)13-2-4-15(21)5-3-13)19(28)26-9-6-14(7-10-26)18(27)23-20-22-8-11-29-20/h2-5,8,11-12,14H,6-7,9-10H2,1H3,(H,22,23,27). The first-order chi connectivity index (χ1) is 14.0. The second kappa shape index (κ2) is 8.12. The Labute approximate surface area is 171 Å². The normalized spacial score (nSPS) is 14.8. The van der Waals surface area contributed by atoms with Gasteiger partial charge in [-0.25, -0.2) is 9.37 Å². The number of aryl methyl sites for hydroxylation is 1. The maximum Gasteiger partial charge on any atom is 0.272 e. The van der Waals surface area contributed by atoms with Gasteiger partial charge in [-0.1, -0.05) is 0 Å². The first-order valence-electron chi connectivity index (χ1n) is 9.31. The van der Waals surface area contributed by atoms with E-state index in [4.69, 9.17) is 0 Å². The highest BCUT2D eigenvalue weighted by molar-refractivity contribution is 7.13. The van der Waals surface area contributed by atoms with Crippen molar-refractivity contribution in [1.82, 2.24) is 19.7 Å². The number of nitrogens with one attached hydrogen (secondary N) is 1. The van der Waals surface area contributed by atoms with Crippen LogP contribution in [0.2, 0.25) is 0 Å². The second-order valence-corrected chi connectivity index (χ2v) is 7.83. The number of rotatable bonds is 4. The highest BCUT2D eigenvalue weighted by Crippen LogP contribution is 2.24. The lowest BCUT2D eigenvalue weighted by atomic mass is 9.96. The van der Waals surface area contributed by atoms with Gasteiger partial charge in [-0.3, -0.25) is 14.3 Å². The van der Waals surface area contributed by atoms with Gasteiger partial charge < -0.3 is 10.2 Å². The van der Waals surface area contributed by atoms with E-state index < -0.39 is 0 Å². The van der Waals surface area contributed by atoms with Crippen LogP contribution in [0.1, 0.15) is 23.3 Å². The number of benzene rings is 1. The molecule has 0 unspecified atom stereocenters. The van der Waals surface area contributed by atoms with E-state index in [1.165, 1.54) is 23.5 Å². The number of anilines is 1. The minimum atomic E-state index is -0.317. The highest BCUT2D eigenvalue weighted by Gasteiger charge is 2.29. The fraction of sp³-hybridized carbons (Fsp3) is 0.300. The summed E-state index contributed by atoms with van der Waals surface area (Å²) in [5.41, 5.74) is 1.84. The molecule has 9 heteroatoms. The molecule has 0 spiro atoms. The number of hydrogen-bond donors (Lipinski definition) is 1. The van der Waals surface area contributed by atoms with Crippen molar-refractivity contribution in [2.75, 3.05) is 18.4 Å². The number of halogens is 1. The van der Waals surface area contributed by atoms with Crippen molar-refractivity contribution >= 4 is 28.3 Å². The summed E-state index contributed by atoms with van der Waals surface area (Å²) < 4.78 is 14.7. The van der Waals surface area contributed by atoms with E-state index in [1.807, 2.05) is 5.38 Å². The van der Waals surface area contributed by atoms with Gasteiger partial charge in [-0.2, -0.15) is 5.10 Å². The number of piperidine rings is 1. The molecule has 150 valence electrons. The van der Waals surface area contributed by atoms with Gasteiger partial charge in [0.05, 0.1) is 5.69 Å². The van der Waals surface area contributed by atoms with Gasteiger partial charge in [0.15, 0.2) is 5.13 Å². The second-order valence-electron chi connectivity index (χ2n) is 6.94. The van der Waals surface area contributed by atoms with Crippen LogP contribution >= 0.6 is 11.3 Å². The van der Waals surface area contributed by atoms with E-state index in [0.29, 0.717) is 42.5 Å². The van der Waals surface area contributed by atoms with Crippen molar-refractivity contribution in [3.05, 3.63) is 53.4 Å². The van der Waals surface area contributed by atoms with Gasteiger partial charge in [-0.15, -0.1) is 11.3 Å². The predicted octanol–water partition coefficient (Wildman–Crippen LogP) is 3.17. The molecule has 0 bridgehead atoms. The molecule has 7 nitrogen and oxygen atoms in total. The first-order valence-corrected chi connectivity index (χ1v) is 10.2. The minimum Gasteiger partial charge on any atom is -0.337 e.